The molecule has 0 unspecified atom stereocenters. The summed E-state index contributed by atoms with van der Waals surface area (Å²) in [6, 6.07) is 5.49. The van der Waals surface area contributed by atoms with Crippen molar-refractivity contribution >= 4 is 5.82 Å². The number of hydrogen-bond acceptors (Lipinski definition) is 4. The molecular weight excluding hydrogens is 262 g/mol. The summed E-state index contributed by atoms with van der Waals surface area (Å²) in [5.74, 6) is 1.10. The molecule has 0 aliphatic carbocycles. The Morgan fingerprint density at radius 2 is 2.05 bits per heavy atom. The third kappa shape index (κ3) is 4.68. The third-order valence-electron chi connectivity index (χ3n) is 4.10. The highest BCUT2D eigenvalue weighted by molar-refractivity contribution is 5.43. The fourth-order valence-electron chi connectivity index (χ4n) is 2.68. The molecule has 0 radical (unpaired) electrons. The van der Waals surface area contributed by atoms with E-state index in [1.165, 1.54) is 11.3 Å². The maximum absolute atomic E-state index is 5.46. The highest BCUT2D eigenvalue weighted by Crippen LogP contribution is 2.21. The molecule has 0 spiro atoms. The Balaban J connectivity index is 2.14. The normalized spacial score (nSPS) is 16.4. The number of nitrogens with zero attached hydrogens (tertiary/aromatic N) is 2. The van der Waals surface area contributed by atoms with Crippen molar-refractivity contribution in [1.82, 2.24) is 10.3 Å². The van der Waals surface area contributed by atoms with E-state index in [1.54, 1.807) is 0 Å². The fourth-order valence-corrected chi connectivity index (χ4v) is 2.68. The summed E-state index contributed by atoms with van der Waals surface area (Å²) >= 11 is 0. The number of aryl methyl sites for hydroxylation is 1. The molecule has 2 rings (SSSR count). The molecular formula is C17H29N3O. The van der Waals surface area contributed by atoms with Crippen LogP contribution in [0.15, 0.2) is 12.1 Å². The van der Waals surface area contributed by atoms with Gasteiger partial charge in [0.1, 0.15) is 5.82 Å². The molecule has 2 heterocycles. The van der Waals surface area contributed by atoms with Crippen LogP contribution in [0.2, 0.25) is 0 Å². The van der Waals surface area contributed by atoms with Crippen LogP contribution in [0.5, 0.6) is 0 Å². The van der Waals surface area contributed by atoms with Crippen LogP contribution >= 0.6 is 0 Å². The largest absolute Gasteiger partial charge is 0.381 e. The quantitative estimate of drug-likeness (QED) is 0.874. The van der Waals surface area contributed by atoms with E-state index in [9.17, 15) is 0 Å². The summed E-state index contributed by atoms with van der Waals surface area (Å²) in [7, 11) is 2.16. The van der Waals surface area contributed by atoms with Gasteiger partial charge in [-0.05, 0) is 37.0 Å². The third-order valence-corrected chi connectivity index (χ3v) is 4.10. The van der Waals surface area contributed by atoms with Crippen molar-refractivity contribution in [2.75, 3.05) is 25.2 Å². The molecule has 0 atom stereocenters. The molecule has 1 saturated heterocycles. The van der Waals surface area contributed by atoms with Crippen LogP contribution in [0.4, 0.5) is 5.82 Å². The summed E-state index contributed by atoms with van der Waals surface area (Å²) in [5.41, 5.74) is 2.50. The van der Waals surface area contributed by atoms with Crippen molar-refractivity contribution in [3.05, 3.63) is 23.4 Å². The molecule has 1 fully saturated rings. The lowest BCUT2D eigenvalue weighted by molar-refractivity contribution is 0.0853. The predicted molar refractivity (Wildman–Crippen MR) is 87.8 cm³/mol. The van der Waals surface area contributed by atoms with Gasteiger partial charge in [0, 0.05) is 44.6 Å². The highest BCUT2D eigenvalue weighted by Gasteiger charge is 2.20. The average molecular weight is 291 g/mol. The van der Waals surface area contributed by atoms with Crippen LogP contribution in [-0.2, 0) is 17.7 Å². The number of pyridine rings is 1. The van der Waals surface area contributed by atoms with Gasteiger partial charge in [-0.3, -0.25) is 0 Å². The topological polar surface area (TPSA) is 37.4 Å². The minimum atomic E-state index is 0.500. The standard InChI is InChI=1S/C17H29N3O/c1-5-15-10-14(12-18-13(2)3)11-17(19-15)20(4)16-6-8-21-9-7-16/h10-11,13,16,18H,5-9,12H2,1-4H3. The van der Waals surface area contributed by atoms with Crippen molar-refractivity contribution in [3.63, 3.8) is 0 Å². The molecule has 21 heavy (non-hydrogen) atoms. The summed E-state index contributed by atoms with van der Waals surface area (Å²) in [6.45, 7) is 9.16. The zero-order valence-electron chi connectivity index (χ0n) is 13.9. The minimum Gasteiger partial charge on any atom is -0.381 e. The van der Waals surface area contributed by atoms with E-state index in [1.807, 2.05) is 0 Å². The first-order chi connectivity index (χ1) is 10.1. The predicted octanol–water partition coefficient (Wildman–Crippen LogP) is 2.76. The molecule has 0 bridgehead atoms. The summed E-state index contributed by atoms with van der Waals surface area (Å²) in [6.07, 6.45) is 3.16. The summed E-state index contributed by atoms with van der Waals surface area (Å²) in [5, 5.41) is 3.49. The maximum atomic E-state index is 5.46. The van der Waals surface area contributed by atoms with Gasteiger partial charge in [-0.15, -0.1) is 0 Å². The lowest BCUT2D eigenvalue weighted by atomic mass is 10.1. The molecule has 0 amide bonds. The van der Waals surface area contributed by atoms with Crippen LogP contribution < -0.4 is 10.2 Å². The van der Waals surface area contributed by atoms with Gasteiger partial charge < -0.3 is 15.0 Å². The van der Waals surface area contributed by atoms with Crippen molar-refractivity contribution < 1.29 is 4.74 Å². The van der Waals surface area contributed by atoms with E-state index in [2.05, 4.69) is 50.2 Å². The van der Waals surface area contributed by atoms with Crippen molar-refractivity contribution in [2.24, 2.45) is 0 Å². The van der Waals surface area contributed by atoms with Gasteiger partial charge in [0.15, 0.2) is 0 Å². The average Bonchev–Trinajstić information content (AvgIpc) is 2.52. The zero-order chi connectivity index (χ0) is 15.2. The van der Waals surface area contributed by atoms with Crippen LogP contribution in [-0.4, -0.2) is 37.3 Å². The zero-order valence-corrected chi connectivity index (χ0v) is 13.9. The van der Waals surface area contributed by atoms with Crippen LogP contribution in [0.3, 0.4) is 0 Å². The lowest BCUT2D eigenvalue weighted by Gasteiger charge is -2.32. The van der Waals surface area contributed by atoms with Crippen LogP contribution in [0.25, 0.3) is 0 Å². The molecule has 1 N–H and O–H groups in total. The van der Waals surface area contributed by atoms with Gasteiger partial charge in [0.25, 0.3) is 0 Å². The second kappa shape index (κ2) is 7.76. The lowest BCUT2D eigenvalue weighted by Crippen LogP contribution is -2.37. The van der Waals surface area contributed by atoms with E-state index in [0.717, 1.165) is 44.8 Å². The molecule has 4 heteroatoms. The molecule has 0 saturated carbocycles. The minimum absolute atomic E-state index is 0.500. The summed E-state index contributed by atoms with van der Waals surface area (Å²) in [4.78, 5) is 7.15. The number of hydrogen-bond donors (Lipinski definition) is 1. The second-order valence-corrected chi connectivity index (χ2v) is 6.17. The second-order valence-electron chi connectivity index (χ2n) is 6.17. The van der Waals surface area contributed by atoms with Crippen molar-refractivity contribution in [2.45, 2.75) is 58.7 Å². The first-order valence-electron chi connectivity index (χ1n) is 8.14. The number of anilines is 1. The van der Waals surface area contributed by atoms with E-state index in [0.29, 0.717) is 12.1 Å². The Bertz CT molecular complexity index is 442. The molecule has 1 aromatic heterocycles. The Morgan fingerprint density at radius 3 is 2.67 bits per heavy atom. The van der Waals surface area contributed by atoms with Gasteiger partial charge in [-0.25, -0.2) is 4.98 Å². The van der Waals surface area contributed by atoms with E-state index in [-0.39, 0.29) is 0 Å². The Labute approximate surface area is 128 Å². The molecule has 4 nitrogen and oxygen atoms in total. The highest BCUT2D eigenvalue weighted by atomic mass is 16.5. The number of aromatic nitrogens is 1. The molecule has 1 aromatic rings. The fraction of sp³-hybridized carbons (Fsp3) is 0.706. The van der Waals surface area contributed by atoms with Crippen LogP contribution in [0.1, 0.15) is 44.9 Å². The van der Waals surface area contributed by atoms with Crippen molar-refractivity contribution in [3.8, 4) is 0 Å². The molecule has 1 aliphatic rings. The SMILES string of the molecule is CCc1cc(CNC(C)C)cc(N(C)C2CCOCC2)n1. The van der Waals surface area contributed by atoms with Gasteiger partial charge in [0.2, 0.25) is 0 Å². The molecule has 0 aromatic carbocycles. The maximum Gasteiger partial charge on any atom is 0.129 e. The van der Waals surface area contributed by atoms with Gasteiger partial charge in [-0.1, -0.05) is 20.8 Å². The smallest absolute Gasteiger partial charge is 0.129 e. The van der Waals surface area contributed by atoms with E-state index < -0.39 is 0 Å². The van der Waals surface area contributed by atoms with Gasteiger partial charge >= 0.3 is 0 Å². The molecule has 1 aliphatic heterocycles. The number of nitrogens with one attached hydrogen (secondary N) is 1. The van der Waals surface area contributed by atoms with Gasteiger partial charge in [-0.2, -0.15) is 0 Å². The Morgan fingerprint density at radius 1 is 1.33 bits per heavy atom. The van der Waals surface area contributed by atoms with E-state index >= 15 is 0 Å². The number of ether oxygens (including phenoxy) is 1. The van der Waals surface area contributed by atoms with Crippen LogP contribution in [0, 0.1) is 0 Å². The van der Waals surface area contributed by atoms with E-state index in [4.69, 9.17) is 9.72 Å². The number of rotatable bonds is 6. The monoisotopic (exact) mass is 291 g/mol. The summed E-state index contributed by atoms with van der Waals surface area (Å²) < 4.78 is 5.46. The molecule has 118 valence electrons. The Kier molecular flexibility index (Phi) is 6.00. The first-order valence-corrected chi connectivity index (χ1v) is 8.14. The van der Waals surface area contributed by atoms with Gasteiger partial charge in [0.05, 0.1) is 0 Å². The first kappa shape index (κ1) is 16.2. The Hall–Kier alpha value is -1.13. The van der Waals surface area contributed by atoms with Crippen molar-refractivity contribution in [1.29, 1.82) is 0 Å².